The van der Waals surface area contributed by atoms with Gasteiger partial charge < -0.3 is 0 Å². The molecule has 9 aliphatic carbocycles. The smallest absolute Gasteiger partial charge is 0.00201 e. The van der Waals surface area contributed by atoms with E-state index < -0.39 is 0 Å². The maximum atomic E-state index is 2.53. The Kier molecular flexibility index (Phi) is 84.0. The van der Waals surface area contributed by atoms with Gasteiger partial charge in [-0.15, -0.1) is 0 Å². The van der Waals surface area contributed by atoms with Crippen LogP contribution in [0.15, 0.2) is 145 Å². The number of rotatable bonds is 3. The molecule has 0 heteroatoms. The zero-order valence-electron chi connectivity index (χ0n) is 89.7. The zero-order chi connectivity index (χ0) is 93.2. The highest BCUT2D eigenvalue weighted by Crippen LogP contribution is 2.58. The van der Waals surface area contributed by atoms with Gasteiger partial charge in [0.2, 0.25) is 0 Å². The molecule has 5 aromatic carbocycles. The van der Waals surface area contributed by atoms with E-state index in [0.717, 1.165) is 179 Å². The highest BCUT2D eigenvalue weighted by molar-refractivity contribution is 5.82. The quantitative estimate of drug-likeness (QED) is 0.155. The summed E-state index contributed by atoms with van der Waals surface area (Å²) in [5.41, 5.74) is 7.58. The van der Waals surface area contributed by atoms with Gasteiger partial charge in [-0.05, 0) is 263 Å². The van der Waals surface area contributed by atoms with Crippen molar-refractivity contribution in [2.24, 2.45) is 166 Å². The second-order valence-corrected chi connectivity index (χ2v) is 34.8. The van der Waals surface area contributed by atoms with E-state index >= 15 is 0 Å². The van der Waals surface area contributed by atoms with Crippen LogP contribution in [0.5, 0.6) is 0 Å². The normalized spacial score (nSPS) is 31.3. The van der Waals surface area contributed by atoms with Crippen molar-refractivity contribution < 1.29 is 0 Å². The van der Waals surface area contributed by atoms with Crippen molar-refractivity contribution in [3.8, 4) is 0 Å². The van der Waals surface area contributed by atoms with Crippen molar-refractivity contribution >= 4 is 10.8 Å². The lowest BCUT2D eigenvalue weighted by molar-refractivity contribution is 0.0302. The molecule has 0 saturated heterocycles. The van der Waals surface area contributed by atoms with Gasteiger partial charge in [-0.1, -0.05) is 490 Å². The first kappa shape index (κ1) is 127. The monoisotopic (exact) mass is 1640 g/mol. The number of benzene rings is 5. The van der Waals surface area contributed by atoms with E-state index in [9.17, 15) is 0 Å². The summed E-state index contributed by atoms with van der Waals surface area (Å²) in [5.74, 6) is 27.4. The van der Waals surface area contributed by atoms with Crippen LogP contribution in [0.4, 0.5) is 0 Å². The van der Waals surface area contributed by atoms with Crippen LogP contribution in [0.1, 0.15) is 419 Å². The minimum Gasteiger partial charge on any atom is -0.0819 e. The molecule has 692 valence electrons. The fourth-order valence-electron chi connectivity index (χ4n) is 20.8. The van der Waals surface area contributed by atoms with E-state index in [4.69, 9.17) is 0 Å². The van der Waals surface area contributed by atoms with Gasteiger partial charge in [-0.2, -0.15) is 0 Å². The summed E-state index contributed by atoms with van der Waals surface area (Å²) in [4.78, 5) is 0. The van der Waals surface area contributed by atoms with Crippen molar-refractivity contribution in [1.82, 2.24) is 0 Å². The van der Waals surface area contributed by atoms with Gasteiger partial charge in [-0.25, -0.2) is 0 Å². The third kappa shape index (κ3) is 43.6. The number of allylic oxidation sites excluding steroid dienone is 2. The molecule has 0 aliphatic heterocycles. The molecular weight excluding hydrogens is 1420 g/mol. The summed E-state index contributed by atoms with van der Waals surface area (Å²) in [6, 6.07) is 46.2. The Balaban J connectivity index is -0.000000228. The number of hydrogen-bond acceptors (Lipinski definition) is 0. The van der Waals surface area contributed by atoms with Crippen LogP contribution >= 0.6 is 0 Å². The Hall–Kier alpha value is -3.90. The van der Waals surface area contributed by atoms with Gasteiger partial charge in [0.15, 0.2) is 0 Å². The first-order valence-electron chi connectivity index (χ1n) is 51.9. The third-order valence-corrected chi connectivity index (χ3v) is 29.1. The minimum atomic E-state index is 0.806. The second kappa shape index (κ2) is 77.9. The van der Waals surface area contributed by atoms with Crippen molar-refractivity contribution in [3.63, 3.8) is 0 Å². The maximum absolute atomic E-state index is 2.53. The van der Waals surface area contributed by atoms with E-state index in [1.165, 1.54) is 90.8 Å². The molecule has 14 rings (SSSR count). The van der Waals surface area contributed by atoms with E-state index in [1.807, 2.05) is 203 Å². The standard InChI is InChI=1S/C14H12.C13H24.C12H22.C11H20.C10H8.2C10H20.C8H16.C6H6.12C2H6/c1-2-6-12-10-14-8-4-3-7-13(14)9-11(12)5-1;1-6-9(2)13-7-10(3)12(5)11(4)8-13;1-7-5-8(2)12-10(4)6-9(3)11(7)12;1-6-7(2)11-5-10(6)8(3)9(11)4;1-2-6-10-8-4-3-7-9(10)5-1;1-7-5-9(3)10(4)6-8(7)2;1-5-10-8(3)6-7(2)9(10)4;1-5-6(2)8(4)7(5)3;1-2-4-6-5-3-1;12*1-2/h1-8H,9-10H2;7,9,11-13H,6,8H2,1-5H3;7-12H,5-6H2,1-4H3;6-11H,5H2,1-4H3;1-8H;2*7-10H,5-6H2,1-4H3;5-8H,1-4H3;1-6H;12*1-2H3. The first-order valence-corrected chi connectivity index (χ1v) is 51.9. The van der Waals surface area contributed by atoms with Crippen LogP contribution in [0.2, 0.25) is 0 Å². The molecule has 0 heterocycles. The van der Waals surface area contributed by atoms with Gasteiger partial charge >= 0.3 is 0 Å². The molecule has 20 unspecified atom stereocenters. The molecule has 0 nitrogen and oxygen atoms in total. The third-order valence-electron chi connectivity index (χ3n) is 29.1. The summed E-state index contributed by atoms with van der Waals surface area (Å²) < 4.78 is 0. The van der Waals surface area contributed by atoms with Gasteiger partial charge in [0, 0.05) is 0 Å². The Bertz CT molecular complexity index is 2620. The Morgan fingerprint density at radius 2 is 0.492 bits per heavy atom. The molecule has 9 aliphatic rings. The highest BCUT2D eigenvalue weighted by Gasteiger charge is 2.51. The largest absolute Gasteiger partial charge is 0.0819 e. The summed E-state index contributed by atoms with van der Waals surface area (Å²) in [6.07, 6.45) is 17.7. The molecule has 0 radical (unpaired) electrons. The average Bonchev–Trinajstić information content (AvgIpc) is 1.61. The minimum absolute atomic E-state index is 0.806. The van der Waals surface area contributed by atoms with E-state index in [1.54, 1.807) is 5.57 Å². The van der Waals surface area contributed by atoms with E-state index in [2.05, 4.69) is 276 Å². The summed E-state index contributed by atoms with van der Waals surface area (Å²) in [5, 5.41) is 2.62. The van der Waals surface area contributed by atoms with Crippen molar-refractivity contribution in [1.29, 1.82) is 0 Å². The fraction of sp³-hybridized carbons (Fsp3) is 0.746. The predicted octanol–water partition coefficient (Wildman–Crippen LogP) is 40.2. The first-order chi connectivity index (χ1) is 56.6. The topological polar surface area (TPSA) is 0 Å². The van der Waals surface area contributed by atoms with Gasteiger partial charge in [0.1, 0.15) is 0 Å². The molecule has 5 aromatic rings. The van der Waals surface area contributed by atoms with Crippen LogP contribution in [-0.2, 0) is 12.8 Å². The van der Waals surface area contributed by atoms with Crippen LogP contribution in [-0.4, -0.2) is 0 Å². The van der Waals surface area contributed by atoms with E-state index in [-0.39, 0.29) is 0 Å². The summed E-state index contributed by atoms with van der Waals surface area (Å²) >= 11 is 0. The fourth-order valence-corrected chi connectivity index (χ4v) is 20.8. The molecule has 0 N–H and O–H groups in total. The Morgan fingerprint density at radius 1 is 0.254 bits per heavy atom. The Labute approximate surface area is 749 Å². The van der Waals surface area contributed by atoms with Gasteiger partial charge in [-0.3, -0.25) is 0 Å². The average molecular weight is 1640 g/mol. The zero-order valence-corrected chi connectivity index (χ0v) is 89.7. The lowest BCUT2D eigenvalue weighted by Gasteiger charge is -2.45. The SMILES string of the molecule is CC.CC.CC.CC.CC.CC.CC.CC.CC.CC.CC.CC.CC1C(C)C(C)C1C.CC1C(C)C2CC1C(C)C2C.CC1CC(C)C(C)CC1C.CC1CC(C)C2C(C)CC(C)C12.CCC(C)C1C=C(C)C(C)C(C)C1.CCC1C(C)CC(C)C1C.c1ccc2c(c1)Cc1ccccc1C2.c1ccc2ccccc2c1.c1ccccc1. The van der Waals surface area contributed by atoms with Crippen LogP contribution in [0, 0.1) is 166 Å². The van der Waals surface area contributed by atoms with Crippen molar-refractivity contribution in [2.75, 3.05) is 0 Å². The van der Waals surface area contributed by atoms with Crippen LogP contribution in [0.25, 0.3) is 10.8 Å². The van der Waals surface area contributed by atoms with Crippen molar-refractivity contribution in [2.45, 2.75) is 410 Å². The molecule has 0 aromatic heterocycles. The molecule has 2 bridgehead atoms. The summed E-state index contributed by atoms with van der Waals surface area (Å²) in [7, 11) is 0. The molecular formula is C118H220. The number of hydrogen-bond donors (Lipinski definition) is 0. The maximum Gasteiger partial charge on any atom is -0.00201 e. The highest BCUT2D eigenvalue weighted by atomic mass is 14.6. The van der Waals surface area contributed by atoms with Gasteiger partial charge in [0.25, 0.3) is 0 Å². The second-order valence-electron chi connectivity index (χ2n) is 34.8. The van der Waals surface area contributed by atoms with Crippen LogP contribution < -0.4 is 0 Å². The molecule has 20 atom stereocenters. The van der Waals surface area contributed by atoms with Gasteiger partial charge in [0.05, 0.1) is 0 Å². The lowest BCUT2D eigenvalue weighted by Crippen LogP contribution is -2.39. The molecule has 0 amide bonds. The Morgan fingerprint density at radius 3 is 0.695 bits per heavy atom. The molecule has 0 spiro atoms. The molecule has 118 heavy (non-hydrogen) atoms. The van der Waals surface area contributed by atoms with Crippen LogP contribution in [0.3, 0.4) is 0 Å². The number of fused-ring (bicyclic) bond motifs is 6. The molecule has 7 saturated carbocycles. The van der Waals surface area contributed by atoms with E-state index in [0.29, 0.717) is 0 Å². The predicted molar refractivity (Wildman–Crippen MR) is 554 cm³/mol. The van der Waals surface area contributed by atoms with Crippen molar-refractivity contribution in [3.05, 3.63) is 167 Å². The lowest BCUT2D eigenvalue weighted by atomic mass is 9.60. The molecule has 7 fully saturated rings. The summed E-state index contributed by atoms with van der Waals surface area (Å²) in [6.45, 7) is 108.